The van der Waals surface area contributed by atoms with Crippen LogP contribution in [-0.2, 0) is 4.79 Å². The summed E-state index contributed by atoms with van der Waals surface area (Å²) in [6.07, 6.45) is 4.54. The molecule has 4 heteroatoms. The van der Waals surface area contributed by atoms with Crippen LogP contribution in [0.5, 0.6) is 0 Å². The maximum atomic E-state index is 12.0. The molecule has 17 heavy (non-hydrogen) atoms. The highest BCUT2D eigenvalue weighted by Gasteiger charge is 2.38. The molecule has 3 N–H and O–H groups in total. The Balaban J connectivity index is 1.73. The minimum absolute atomic E-state index is 0.0245. The number of nitrogens with zero attached hydrogens (tertiary/aromatic N) is 1. The number of hydrogen-bond donors (Lipinski definition) is 2. The molecule has 0 unspecified atom stereocenters. The van der Waals surface area contributed by atoms with Crippen LogP contribution in [0.25, 0.3) is 0 Å². The second kappa shape index (κ2) is 4.94. The zero-order valence-electron chi connectivity index (χ0n) is 11.0. The van der Waals surface area contributed by atoms with Gasteiger partial charge in [-0.25, -0.2) is 0 Å². The minimum Gasteiger partial charge on any atom is -0.350 e. The molecule has 1 heterocycles. The number of amides is 1. The van der Waals surface area contributed by atoms with E-state index >= 15 is 0 Å². The van der Waals surface area contributed by atoms with Crippen molar-refractivity contribution in [3.8, 4) is 0 Å². The Bertz CT molecular complexity index is 278. The van der Waals surface area contributed by atoms with Crippen LogP contribution in [0.4, 0.5) is 0 Å². The number of nitrogens with one attached hydrogen (secondary N) is 1. The van der Waals surface area contributed by atoms with Crippen LogP contribution in [0.15, 0.2) is 0 Å². The molecule has 0 aromatic rings. The smallest absolute Gasteiger partial charge is 0.234 e. The van der Waals surface area contributed by atoms with Crippen molar-refractivity contribution >= 4 is 5.91 Å². The summed E-state index contributed by atoms with van der Waals surface area (Å²) < 4.78 is 0. The normalized spacial score (nSPS) is 23.7. The predicted octanol–water partition coefficient (Wildman–Crippen LogP) is 0.714. The van der Waals surface area contributed by atoms with Crippen molar-refractivity contribution < 1.29 is 4.79 Å². The lowest BCUT2D eigenvalue weighted by Gasteiger charge is -2.32. The van der Waals surface area contributed by atoms with Crippen molar-refractivity contribution in [2.45, 2.75) is 51.1 Å². The molecule has 0 aromatic carbocycles. The fourth-order valence-corrected chi connectivity index (χ4v) is 2.62. The first-order valence-electron chi connectivity index (χ1n) is 6.76. The zero-order valence-corrected chi connectivity index (χ0v) is 11.0. The number of nitrogens with two attached hydrogens (primary N) is 1. The molecular formula is C13H25N3O. The molecule has 2 fully saturated rings. The van der Waals surface area contributed by atoms with Gasteiger partial charge in [-0.2, -0.15) is 0 Å². The number of piperidine rings is 1. The molecule has 0 spiro atoms. The van der Waals surface area contributed by atoms with Crippen molar-refractivity contribution in [2.75, 3.05) is 19.6 Å². The second-order valence-corrected chi connectivity index (χ2v) is 6.16. The Kier molecular flexibility index (Phi) is 3.73. The monoisotopic (exact) mass is 239 g/mol. The Morgan fingerprint density at radius 3 is 2.41 bits per heavy atom. The number of likely N-dealkylation sites (tertiary alicyclic amines) is 1. The SMILES string of the molecule is CC(C)(NC(=O)CN1CCC(N)CC1)C1CC1. The highest BCUT2D eigenvalue weighted by atomic mass is 16.2. The first-order valence-corrected chi connectivity index (χ1v) is 6.76. The molecule has 4 nitrogen and oxygen atoms in total. The Morgan fingerprint density at radius 1 is 1.29 bits per heavy atom. The van der Waals surface area contributed by atoms with Crippen molar-refractivity contribution in [3.63, 3.8) is 0 Å². The molecule has 1 saturated carbocycles. The third-order valence-electron chi connectivity index (χ3n) is 4.06. The predicted molar refractivity (Wildman–Crippen MR) is 68.6 cm³/mol. The van der Waals surface area contributed by atoms with E-state index in [1.165, 1.54) is 12.8 Å². The minimum atomic E-state index is -0.0245. The van der Waals surface area contributed by atoms with Crippen LogP contribution in [0.1, 0.15) is 39.5 Å². The van der Waals surface area contributed by atoms with Gasteiger partial charge in [0.05, 0.1) is 6.54 Å². The fraction of sp³-hybridized carbons (Fsp3) is 0.923. The summed E-state index contributed by atoms with van der Waals surface area (Å²) >= 11 is 0. The number of carbonyl (C=O) groups excluding carboxylic acids is 1. The molecule has 0 radical (unpaired) electrons. The standard InChI is InChI=1S/C13H25N3O/c1-13(2,10-3-4-10)15-12(17)9-16-7-5-11(14)6-8-16/h10-11H,3-9,14H2,1-2H3,(H,15,17). The molecule has 0 bridgehead atoms. The van der Waals surface area contributed by atoms with Crippen LogP contribution < -0.4 is 11.1 Å². The molecule has 0 aromatic heterocycles. The van der Waals surface area contributed by atoms with E-state index in [9.17, 15) is 4.79 Å². The van der Waals surface area contributed by atoms with E-state index in [-0.39, 0.29) is 11.4 Å². The molecule has 1 aliphatic heterocycles. The van der Waals surface area contributed by atoms with Gasteiger partial charge in [0.1, 0.15) is 0 Å². The summed E-state index contributed by atoms with van der Waals surface area (Å²) in [5, 5.41) is 3.16. The first kappa shape index (κ1) is 12.8. The van der Waals surface area contributed by atoms with Crippen molar-refractivity contribution in [1.82, 2.24) is 10.2 Å². The third kappa shape index (κ3) is 3.68. The summed E-state index contributed by atoms with van der Waals surface area (Å²) in [5.74, 6) is 0.846. The molecule has 1 aliphatic carbocycles. The van der Waals surface area contributed by atoms with Crippen LogP contribution in [-0.4, -0.2) is 42.0 Å². The summed E-state index contributed by atoms with van der Waals surface area (Å²) in [6, 6.07) is 0.331. The maximum Gasteiger partial charge on any atom is 0.234 e. The number of carbonyl (C=O) groups is 1. The van der Waals surface area contributed by atoms with Gasteiger partial charge in [0.15, 0.2) is 0 Å². The van der Waals surface area contributed by atoms with Crippen LogP contribution in [0.2, 0.25) is 0 Å². The zero-order chi connectivity index (χ0) is 12.5. The molecular weight excluding hydrogens is 214 g/mol. The maximum absolute atomic E-state index is 12.0. The molecule has 2 aliphatic rings. The summed E-state index contributed by atoms with van der Waals surface area (Å²) in [4.78, 5) is 14.2. The highest BCUT2D eigenvalue weighted by molar-refractivity contribution is 5.78. The van der Waals surface area contributed by atoms with Gasteiger partial charge in [-0.05, 0) is 45.4 Å². The Hall–Kier alpha value is -0.610. The lowest BCUT2D eigenvalue weighted by molar-refractivity contribution is -0.124. The lowest BCUT2D eigenvalue weighted by atomic mass is 9.98. The van der Waals surface area contributed by atoms with Gasteiger partial charge in [-0.3, -0.25) is 9.69 Å². The van der Waals surface area contributed by atoms with Gasteiger partial charge in [0.25, 0.3) is 0 Å². The molecule has 0 atom stereocenters. The van der Waals surface area contributed by atoms with Gasteiger partial charge in [0, 0.05) is 24.7 Å². The van der Waals surface area contributed by atoms with E-state index in [2.05, 4.69) is 24.1 Å². The topological polar surface area (TPSA) is 58.4 Å². The largest absolute Gasteiger partial charge is 0.350 e. The third-order valence-corrected chi connectivity index (χ3v) is 4.06. The van der Waals surface area contributed by atoms with E-state index in [4.69, 9.17) is 5.73 Å². The van der Waals surface area contributed by atoms with E-state index in [1.807, 2.05) is 0 Å². The molecule has 1 saturated heterocycles. The van der Waals surface area contributed by atoms with E-state index in [0.717, 1.165) is 25.9 Å². The molecule has 1 amide bonds. The van der Waals surface area contributed by atoms with Crippen LogP contribution in [0.3, 0.4) is 0 Å². The summed E-state index contributed by atoms with van der Waals surface area (Å²) in [6.45, 7) is 6.71. The second-order valence-electron chi connectivity index (χ2n) is 6.16. The van der Waals surface area contributed by atoms with Crippen molar-refractivity contribution in [1.29, 1.82) is 0 Å². The van der Waals surface area contributed by atoms with Gasteiger partial charge in [-0.15, -0.1) is 0 Å². The first-order chi connectivity index (χ1) is 7.97. The molecule has 2 rings (SSSR count). The van der Waals surface area contributed by atoms with Crippen molar-refractivity contribution in [2.24, 2.45) is 11.7 Å². The average Bonchev–Trinajstić information content (AvgIpc) is 3.04. The van der Waals surface area contributed by atoms with E-state index < -0.39 is 0 Å². The van der Waals surface area contributed by atoms with Crippen molar-refractivity contribution in [3.05, 3.63) is 0 Å². The van der Waals surface area contributed by atoms with Crippen LogP contribution >= 0.6 is 0 Å². The summed E-state index contributed by atoms with van der Waals surface area (Å²) in [5.41, 5.74) is 5.83. The van der Waals surface area contributed by atoms with Gasteiger partial charge in [-0.1, -0.05) is 0 Å². The Labute approximate surface area is 104 Å². The van der Waals surface area contributed by atoms with Gasteiger partial charge >= 0.3 is 0 Å². The lowest BCUT2D eigenvalue weighted by Crippen LogP contribution is -2.50. The average molecular weight is 239 g/mol. The number of rotatable bonds is 4. The fourth-order valence-electron chi connectivity index (χ4n) is 2.62. The quantitative estimate of drug-likeness (QED) is 0.760. The van der Waals surface area contributed by atoms with E-state index in [0.29, 0.717) is 18.5 Å². The van der Waals surface area contributed by atoms with Gasteiger partial charge in [0.2, 0.25) is 5.91 Å². The number of hydrogen-bond acceptors (Lipinski definition) is 3. The summed E-state index contributed by atoms with van der Waals surface area (Å²) in [7, 11) is 0. The van der Waals surface area contributed by atoms with Crippen LogP contribution in [0, 0.1) is 5.92 Å². The Morgan fingerprint density at radius 2 is 1.88 bits per heavy atom. The van der Waals surface area contributed by atoms with E-state index in [1.54, 1.807) is 0 Å². The molecule has 98 valence electrons. The van der Waals surface area contributed by atoms with Gasteiger partial charge < -0.3 is 11.1 Å². The highest BCUT2D eigenvalue weighted by Crippen LogP contribution is 2.39.